The van der Waals surface area contributed by atoms with Crippen LogP contribution >= 0.6 is 22.9 Å². The molecule has 2 heterocycles. The van der Waals surface area contributed by atoms with E-state index in [1.807, 2.05) is 18.2 Å². The van der Waals surface area contributed by atoms with Gasteiger partial charge in [0.2, 0.25) is 0 Å². The van der Waals surface area contributed by atoms with Crippen LogP contribution in [0.2, 0.25) is 5.02 Å². The van der Waals surface area contributed by atoms with Gasteiger partial charge in [-0.25, -0.2) is 9.97 Å². The van der Waals surface area contributed by atoms with E-state index in [9.17, 15) is 0 Å². The molecule has 0 aliphatic heterocycles. The Labute approximate surface area is 156 Å². The molecule has 2 N–H and O–H groups in total. The molecule has 25 heavy (non-hydrogen) atoms. The maximum atomic E-state index is 6.29. The van der Waals surface area contributed by atoms with Gasteiger partial charge in [-0.1, -0.05) is 23.7 Å². The monoisotopic (exact) mass is 372 g/mol. The molecule has 0 bridgehead atoms. The lowest BCUT2D eigenvalue weighted by Crippen LogP contribution is -2.19. The summed E-state index contributed by atoms with van der Waals surface area (Å²) in [5.41, 5.74) is 8.86. The van der Waals surface area contributed by atoms with E-state index in [0.29, 0.717) is 12.4 Å². The van der Waals surface area contributed by atoms with Crippen molar-refractivity contribution in [2.24, 2.45) is 0 Å². The summed E-state index contributed by atoms with van der Waals surface area (Å²) < 4.78 is 0. The Hall–Kier alpha value is -1.69. The van der Waals surface area contributed by atoms with E-state index in [1.165, 1.54) is 28.8 Å². The number of hydrogen-bond donors (Lipinski definition) is 1. The minimum absolute atomic E-state index is 0.635. The maximum Gasteiger partial charge on any atom is 0.146 e. The number of hydrogen-bond acceptors (Lipinski definition) is 5. The third-order valence-electron chi connectivity index (χ3n) is 4.64. The average Bonchev–Trinajstić information content (AvgIpc) is 2.93. The van der Waals surface area contributed by atoms with Crippen LogP contribution in [0.1, 0.15) is 34.7 Å². The smallest absolute Gasteiger partial charge is 0.146 e. The molecule has 3 aromatic rings. The van der Waals surface area contributed by atoms with Crippen LogP contribution in [-0.2, 0) is 25.9 Å². The molecule has 0 unspecified atom stereocenters. The normalized spacial score (nSPS) is 14.2. The summed E-state index contributed by atoms with van der Waals surface area (Å²) in [4.78, 5) is 14.1. The minimum atomic E-state index is 0.635. The Morgan fingerprint density at radius 2 is 2.04 bits per heavy atom. The molecule has 1 aliphatic carbocycles. The summed E-state index contributed by atoms with van der Waals surface area (Å²) in [5.74, 6) is 1.42. The zero-order valence-electron chi connectivity index (χ0n) is 14.3. The Kier molecular flexibility index (Phi) is 4.63. The molecule has 1 aromatic carbocycles. The Bertz CT molecular complexity index is 921. The fraction of sp³-hybridized carbons (Fsp3) is 0.368. The van der Waals surface area contributed by atoms with Gasteiger partial charge in [0.25, 0.3) is 0 Å². The first-order valence-electron chi connectivity index (χ1n) is 8.60. The Morgan fingerprint density at radius 3 is 2.88 bits per heavy atom. The first kappa shape index (κ1) is 16.8. The third kappa shape index (κ3) is 3.50. The third-order valence-corrected chi connectivity index (χ3v) is 6.06. The molecule has 0 saturated heterocycles. The summed E-state index contributed by atoms with van der Waals surface area (Å²) in [6.07, 6.45) is 4.77. The van der Waals surface area contributed by atoms with Gasteiger partial charge in [0.1, 0.15) is 16.5 Å². The summed E-state index contributed by atoms with van der Waals surface area (Å²) in [5, 5.41) is 1.86. The molecule has 1 aliphatic rings. The van der Waals surface area contributed by atoms with Crippen molar-refractivity contribution in [3.8, 4) is 0 Å². The Balaban J connectivity index is 1.57. The second-order valence-electron chi connectivity index (χ2n) is 6.72. The summed E-state index contributed by atoms with van der Waals surface area (Å²) in [7, 11) is 2.06. The highest BCUT2D eigenvalue weighted by atomic mass is 35.5. The highest BCUT2D eigenvalue weighted by Crippen LogP contribution is 2.37. The number of rotatable bonds is 4. The molecule has 4 nitrogen and oxygen atoms in total. The fourth-order valence-corrected chi connectivity index (χ4v) is 5.05. The van der Waals surface area contributed by atoms with Crippen LogP contribution < -0.4 is 5.73 Å². The number of aromatic nitrogens is 2. The molecule has 0 radical (unpaired) electrons. The summed E-state index contributed by atoms with van der Waals surface area (Å²) in [6.45, 7) is 1.46. The van der Waals surface area contributed by atoms with Crippen LogP contribution in [0.4, 0.5) is 5.82 Å². The number of nitrogens with two attached hydrogens (primary N) is 1. The first-order valence-corrected chi connectivity index (χ1v) is 9.79. The lowest BCUT2D eigenvalue weighted by atomic mass is 9.97. The van der Waals surface area contributed by atoms with E-state index in [0.717, 1.165) is 40.5 Å². The van der Waals surface area contributed by atoms with Gasteiger partial charge in [-0.3, -0.25) is 4.90 Å². The van der Waals surface area contributed by atoms with Crippen LogP contribution in [0.25, 0.3) is 10.2 Å². The highest BCUT2D eigenvalue weighted by molar-refractivity contribution is 7.19. The molecule has 0 saturated carbocycles. The Morgan fingerprint density at radius 1 is 1.20 bits per heavy atom. The number of fused-ring (bicyclic) bond motifs is 3. The zero-order chi connectivity index (χ0) is 17.4. The van der Waals surface area contributed by atoms with Crippen molar-refractivity contribution in [3.63, 3.8) is 0 Å². The SMILES string of the molecule is CN(Cc1cccc(Cl)c1)Cc1nc(N)c2c3c(sc2n1)CCCC3. The molecule has 0 amide bonds. The zero-order valence-corrected chi connectivity index (χ0v) is 15.8. The van der Waals surface area contributed by atoms with Gasteiger partial charge < -0.3 is 5.73 Å². The lowest BCUT2D eigenvalue weighted by molar-refractivity contribution is 0.311. The van der Waals surface area contributed by atoms with E-state index in [2.05, 4.69) is 23.0 Å². The average molecular weight is 373 g/mol. The van der Waals surface area contributed by atoms with Crippen LogP contribution in [0.5, 0.6) is 0 Å². The second-order valence-corrected chi connectivity index (χ2v) is 8.24. The van der Waals surface area contributed by atoms with Crippen LogP contribution in [0, 0.1) is 0 Å². The molecule has 130 valence electrons. The van der Waals surface area contributed by atoms with E-state index in [1.54, 1.807) is 11.3 Å². The van der Waals surface area contributed by atoms with Crippen molar-refractivity contribution in [2.45, 2.75) is 38.8 Å². The fourth-order valence-electron chi connectivity index (χ4n) is 3.55. The van der Waals surface area contributed by atoms with Gasteiger partial charge in [0, 0.05) is 16.4 Å². The summed E-state index contributed by atoms with van der Waals surface area (Å²) in [6, 6.07) is 7.93. The van der Waals surface area contributed by atoms with Gasteiger partial charge in [0.15, 0.2) is 0 Å². The number of benzene rings is 1. The van der Waals surface area contributed by atoms with E-state index < -0.39 is 0 Å². The van der Waals surface area contributed by atoms with Gasteiger partial charge in [-0.2, -0.15) is 0 Å². The number of thiophene rings is 1. The quantitative estimate of drug-likeness (QED) is 0.735. The van der Waals surface area contributed by atoms with Crippen molar-refractivity contribution < 1.29 is 0 Å². The van der Waals surface area contributed by atoms with Gasteiger partial charge in [-0.05, 0) is 56.0 Å². The minimum Gasteiger partial charge on any atom is -0.383 e. The molecule has 4 rings (SSSR count). The van der Waals surface area contributed by atoms with E-state index in [4.69, 9.17) is 22.3 Å². The largest absolute Gasteiger partial charge is 0.383 e. The molecular weight excluding hydrogens is 352 g/mol. The molecular formula is C19H21ClN4S. The molecule has 0 spiro atoms. The van der Waals surface area contributed by atoms with Crippen molar-refractivity contribution in [2.75, 3.05) is 12.8 Å². The van der Waals surface area contributed by atoms with Gasteiger partial charge in [0.05, 0.1) is 11.9 Å². The van der Waals surface area contributed by atoms with Crippen molar-refractivity contribution >= 4 is 39.0 Å². The number of nitrogens with zero attached hydrogens (tertiary/aromatic N) is 3. The highest BCUT2D eigenvalue weighted by Gasteiger charge is 2.20. The number of nitrogen functional groups attached to an aromatic ring is 1. The molecule has 0 atom stereocenters. The number of aryl methyl sites for hydroxylation is 2. The first-order chi connectivity index (χ1) is 12.1. The number of anilines is 1. The van der Waals surface area contributed by atoms with Crippen molar-refractivity contribution in [3.05, 3.63) is 51.1 Å². The standard InChI is InChI=1S/C19H21ClN4S/c1-24(10-12-5-4-6-13(20)9-12)11-16-22-18(21)17-14-7-2-3-8-15(14)25-19(17)23-16/h4-6,9H,2-3,7-8,10-11H2,1H3,(H2,21,22,23). The maximum absolute atomic E-state index is 6.29. The van der Waals surface area contributed by atoms with Crippen LogP contribution in [0.15, 0.2) is 24.3 Å². The lowest BCUT2D eigenvalue weighted by Gasteiger charge is -2.16. The van der Waals surface area contributed by atoms with Crippen LogP contribution in [0.3, 0.4) is 0 Å². The topological polar surface area (TPSA) is 55.0 Å². The van der Waals surface area contributed by atoms with Crippen LogP contribution in [-0.4, -0.2) is 21.9 Å². The molecule has 6 heteroatoms. The predicted molar refractivity (Wildman–Crippen MR) is 105 cm³/mol. The molecule has 0 fully saturated rings. The molecule has 2 aromatic heterocycles. The predicted octanol–water partition coefficient (Wildman–Crippen LogP) is 4.44. The number of halogens is 1. The van der Waals surface area contributed by atoms with Crippen molar-refractivity contribution in [1.82, 2.24) is 14.9 Å². The van der Waals surface area contributed by atoms with E-state index >= 15 is 0 Å². The second kappa shape index (κ2) is 6.90. The van der Waals surface area contributed by atoms with Crippen molar-refractivity contribution in [1.29, 1.82) is 0 Å². The van der Waals surface area contributed by atoms with Gasteiger partial charge in [-0.15, -0.1) is 11.3 Å². The van der Waals surface area contributed by atoms with E-state index in [-0.39, 0.29) is 0 Å². The summed E-state index contributed by atoms with van der Waals surface area (Å²) >= 11 is 7.86. The van der Waals surface area contributed by atoms with Gasteiger partial charge >= 0.3 is 0 Å².